The van der Waals surface area contributed by atoms with Gasteiger partial charge in [0.25, 0.3) is 11.8 Å². The molecule has 0 aliphatic heterocycles. The minimum absolute atomic E-state index is 0.00913. The fourth-order valence-corrected chi connectivity index (χ4v) is 8.64. The van der Waals surface area contributed by atoms with Crippen molar-refractivity contribution < 1.29 is 27.8 Å². The van der Waals surface area contributed by atoms with Gasteiger partial charge in [0.15, 0.2) is 11.6 Å². The molecule has 4 aromatic carbocycles. The van der Waals surface area contributed by atoms with Gasteiger partial charge in [-0.05, 0) is 116 Å². The molecule has 0 bridgehead atoms. The largest absolute Gasteiger partial charge is 0.496 e. The number of halogens is 2. The number of para-hydroxylation sites is 2. The SMILES string of the molecule is COc1cccc(F)c1-c1nccc(C(=O)Nc2ccccc2[C@H]2CC[C@@H](N)C(COc3cccc(F)c3-c3nccc(C(=O)Nc4ccccc4C4CCC(N)CC4)n3)C2)n1. The zero-order valence-electron chi connectivity index (χ0n) is 34.3. The van der Waals surface area contributed by atoms with E-state index in [0.29, 0.717) is 24.2 Å². The molecule has 8 rings (SSSR count). The third-order valence-corrected chi connectivity index (χ3v) is 12.0. The average molecular weight is 839 g/mol. The maximum absolute atomic E-state index is 15.7. The number of methoxy groups -OCH3 is 1. The van der Waals surface area contributed by atoms with Crippen LogP contribution < -0.4 is 31.6 Å². The van der Waals surface area contributed by atoms with Crippen molar-refractivity contribution in [3.8, 4) is 34.3 Å². The van der Waals surface area contributed by atoms with E-state index in [9.17, 15) is 14.0 Å². The normalized spacial score (nSPS) is 19.9. The Morgan fingerprint density at radius 2 is 1.16 bits per heavy atom. The molecule has 1 unspecified atom stereocenters. The maximum Gasteiger partial charge on any atom is 0.274 e. The molecular weight excluding hydrogens is 791 g/mol. The number of ether oxygens (including phenoxy) is 2. The summed E-state index contributed by atoms with van der Waals surface area (Å²) in [6, 6.07) is 27.2. The Balaban J connectivity index is 0.958. The minimum atomic E-state index is -0.597. The summed E-state index contributed by atoms with van der Waals surface area (Å²) in [5, 5.41) is 6.03. The third kappa shape index (κ3) is 9.31. The molecule has 2 amide bonds. The zero-order chi connectivity index (χ0) is 43.2. The van der Waals surface area contributed by atoms with Crippen molar-refractivity contribution in [3.63, 3.8) is 0 Å². The summed E-state index contributed by atoms with van der Waals surface area (Å²) < 4.78 is 42.2. The standard InChI is InChI=1S/C48H48F2N8O4/c1-61-41-14-6-10-34(49)43(41)45-53-24-22-39(55-45)48(60)58-38-13-5-3-9-33(38)29-18-21-36(52)30(26-29)27-62-42-15-7-11-35(50)44(42)46-54-25-23-40(56-46)47(59)57-37-12-4-2-8-32(37)28-16-19-31(51)20-17-28/h2-15,22-25,28-31,36H,16-21,26-27,51-52H2,1H3,(H,57,59)(H,58,60)/t28?,29-,30?,31?,36+/m0/s1. The minimum Gasteiger partial charge on any atom is -0.496 e. The molecule has 6 N–H and O–H groups in total. The highest BCUT2D eigenvalue weighted by Gasteiger charge is 2.32. The summed E-state index contributed by atoms with van der Waals surface area (Å²) in [6.07, 6.45) is 8.68. The van der Waals surface area contributed by atoms with Crippen LogP contribution in [0.4, 0.5) is 20.2 Å². The van der Waals surface area contributed by atoms with Crippen LogP contribution in [0.15, 0.2) is 109 Å². The Kier molecular flexibility index (Phi) is 12.9. The molecule has 2 fully saturated rings. The molecule has 2 heterocycles. The van der Waals surface area contributed by atoms with Gasteiger partial charge in [-0.15, -0.1) is 0 Å². The summed E-state index contributed by atoms with van der Waals surface area (Å²) in [4.78, 5) is 44.7. The van der Waals surface area contributed by atoms with Gasteiger partial charge in [0.2, 0.25) is 0 Å². The second-order valence-corrected chi connectivity index (χ2v) is 15.9. The van der Waals surface area contributed by atoms with Crippen molar-refractivity contribution in [2.24, 2.45) is 17.4 Å². The van der Waals surface area contributed by atoms with Crippen molar-refractivity contribution in [1.82, 2.24) is 19.9 Å². The highest BCUT2D eigenvalue weighted by molar-refractivity contribution is 6.04. The van der Waals surface area contributed by atoms with E-state index in [-0.39, 0.29) is 82.1 Å². The van der Waals surface area contributed by atoms with Gasteiger partial charge in [-0.2, -0.15) is 0 Å². The van der Waals surface area contributed by atoms with E-state index in [1.54, 1.807) is 18.2 Å². The van der Waals surface area contributed by atoms with E-state index in [2.05, 4.69) is 30.6 Å². The first kappa shape index (κ1) is 42.1. The van der Waals surface area contributed by atoms with Gasteiger partial charge in [0, 0.05) is 41.8 Å². The first-order valence-electron chi connectivity index (χ1n) is 20.9. The van der Waals surface area contributed by atoms with E-state index in [0.717, 1.165) is 43.2 Å². The fraction of sp³-hybridized carbons (Fsp3) is 0.292. The number of anilines is 2. The van der Waals surface area contributed by atoms with Gasteiger partial charge in [-0.25, -0.2) is 28.7 Å². The number of carbonyl (C=O) groups is 2. The van der Waals surface area contributed by atoms with Crippen LogP contribution in [0.5, 0.6) is 11.5 Å². The molecule has 62 heavy (non-hydrogen) atoms. The molecule has 318 valence electrons. The Morgan fingerprint density at radius 1 is 0.645 bits per heavy atom. The quantitative estimate of drug-likeness (QED) is 0.0932. The number of amides is 2. The van der Waals surface area contributed by atoms with E-state index in [4.69, 9.17) is 20.9 Å². The van der Waals surface area contributed by atoms with Crippen molar-refractivity contribution in [1.29, 1.82) is 0 Å². The highest BCUT2D eigenvalue weighted by Crippen LogP contribution is 2.41. The molecular formula is C48H48F2N8O4. The number of carbonyl (C=O) groups excluding carboxylic acids is 2. The van der Waals surface area contributed by atoms with Gasteiger partial charge in [-0.3, -0.25) is 9.59 Å². The summed E-state index contributed by atoms with van der Waals surface area (Å²) in [5.41, 5.74) is 16.4. The molecule has 3 atom stereocenters. The van der Waals surface area contributed by atoms with E-state index in [1.165, 1.54) is 49.8 Å². The monoisotopic (exact) mass is 838 g/mol. The number of hydrogen-bond acceptors (Lipinski definition) is 10. The molecule has 0 radical (unpaired) electrons. The smallest absolute Gasteiger partial charge is 0.274 e. The summed E-state index contributed by atoms with van der Waals surface area (Å²) in [7, 11) is 1.42. The lowest BCUT2D eigenvalue weighted by atomic mass is 9.75. The molecule has 12 nitrogen and oxygen atoms in total. The maximum atomic E-state index is 15.7. The van der Waals surface area contributed by atoms with Gasteiger partial charge < -0.3 is 31.6 Å². The number of nitrogens with zero attached hydrogens (tertiary/aromatic N) is 4. The van der Waals surface area contributed by atoms with Crippen LogP contribution in [-0.4, -0.2) is 57.6 Å². The van der Waals surface area contributed by atoms with Crippen LogP contribution in [0.3, 0.4) is 0 Å². The fourth-order valence-electron chi connectivity index (χ4n) is 8.64. The Hall–Kier alpha value is -6.64. The van der Waals surface area contributed by atoms with Gasteiger partial charge in [0.05, 0.1) is 24.8 Å². The molecule has 2 aliphatic carbocycles. The van der Waals surface area contributed by atoms with Crippen LogP contribution in [-0.2, 0) is 0 Å². The number of hydrogen-bond donors (Lipinski definition) is 4. The molecule has 0 saturated heterocycles. The Labute approximate surface area is 358 Å². The lowest BCUT2D eigenvalue weighted by Gasteiger charge is -2.35. The Bertz CT molecular complexity index is 2570. The second-order valence-electron chi connectivity index (χ2n) is 15.9. The van der Waals surface area contributed by atoms with Gasteiger partial charge >= 0.3 is 0 Å². The number of aromatic nitrogens is 4. The summed E-state index contributed by atoms with van der Waals surface area (Å²) >= 11 is 0. The van der Waals surface area contributed by atoms with Crippen molar-refractivity contribution >= 4 is 23.2 Å². The molecule has 14 heteroatoms. The number of nitrogens with two attached hydrogens (primary N) is 2. The van der Waals surface area contributed by atoms with Crippen LogP contribution >= 0.6 is 0 Å². The first-order chi connectivity index (χ1) is 30.2. The van der Waals surface area contributed by atoms with Crippen molar-refractivity contribution in [2.45, 2.75) is 68.9 Å². The predicted octanol–water partition coefficient (Wildman–Crippen LogP) is 8.67. The predicted molar refractivity (Wildman–Crippen MR) is 233 cm³/mol. The van der Waals surface area contributed by atoms with Crippen molar-refractivity contribution in [2.75, 3.05) is 24.4 Å². The van der Waals surface area contributed by atoms with Crippen LogP contribution in [0.1, 0.15) is 88.9 Å². The zero-order valence-corrected chi connectivity index (χ0v) is 34.3. The summed E-state index contributed by atoms with van der Waals surface area (Å²) in [6.45, 7) is 0.175. The topological polar surface area (TPSA) is 180 Å². The third-order valence-electron chi connectivity index (χ3n) is 12.0. The lowest BCUT2D eigenvalue weighted by molar-refractivity contribution is 0.101. The molecule has 0 spiro atoms. The van der Waals surface area contributed by atoms with E-state index in [1.807, 2.05) is 48.5 Å². The van der Waals surface area contributed by atoms with Gasteiger partial charge in [-0.1, -0.05) is 48.5 Å². The Morgan fingerprint density at radius 3 is 1.74 bits per heavy atom. The molecule has 2 aromatic heterocycles. The number of nitrogens with one attached hydrogen (secondary N) is 2. The molecule has 2 aliphatic rings. The van der Waals surface area contributed by atoms with Crippen LogP contribution in [0, 0.1) is 17.6 Å². The summed E-state index contributed by atoms with van der Waals surface area (Å²) in [5.74, 6) is -1.42. The van der Waals surface area contributed by atoms with E-state index < -0.39 is 23.4 Å². The van der Waals surface area contributed by atoms with Crippen molar-refractivity contribution in [3.05, 3.63) is 144 Å². The molecule has 6 aromatic rings. The number of benzene rings is 4. The van der Waals surface area contributed by atoms with E-state index >= 15 is 4.39 Å². The average Bonchev–Trinajstić information content (AvgIpc) is 3.29. The van der Waals surface area contributed by atoms with Crippen LogP contribution in [0.2, 0.25) is 0 Å². The van der Waals surface area contributed by atoms with Gasteiger partial charge in [0.1, 0.15) is 34.5 Å². The molecule has 2 saturated carbocycles. The lowest BCUT2D eigenvalue weighted by Crippen LogP contribution is -2.39. The highest BCUT2D eigenvalue weighted by atomic mass is 19.1. The number of rotatable bonds is 12. The first-order valence-corrected chi connectivity index (χ1v) is 20.9. The van der Waals surface area contributed by atoms with Crippen LogP contribution in [0.25, 0.3) is 22.8 Å². The second kappa shape index (κ2) is 19.0.